The van der Waals surface area contributed by atoms with Crippen molar-refractivity contribution >= 4 is 5.97 Å². The molecule has 0 bridgehead atoms. The van der Waals surface area contributed by atoms with Gasteiger partial charge in [0.2, 0.25) is 18.3 Å². The highest BCUT2D eigenvalue weighted by Gasteiger charge is 2.26. The topological polar surface area (TPSA) is 68.9 Å². The molecule has 0 amide bonds. The van der Waals surface area contributed by atoms with Crippen molar-refractivity contribution in [2.24, 2.45) is 0 Å². The zero-order valence-electron chi connectivity index (χ0n) is 5.36. The monoisotopic (exact) mass is 156 g/mol. The van der Waals surface area contributed by atoms with E-state index in [1.165, 1.54) is 6.26 Å². The lowest BCUT2D eigenvalue weighted by Gasteiger charge is -1.91. The summed E-state index contributed by atoms with van der Waals surface area (Å²) in [6, 6.07) is 0. The summed E-state index contributed by atoms with van der Waals surface area (Å²) in [7, 11) is 0. The molecule has 0 radical (unpaired) electrons. The summed E-state index contributed by atoms with van der Waals surface area (Å²) in [5, 5.41) is 8.51. The van der Waals surface area contributed by atoms with E-state index in [-0.39, 0.29) is 18.3 Å². The Morgan fingerprint density at radius 1 is 1.55 bits per heavy atom. The number of fused-ring (bicyclic) bond motifs is 1. The summed E-state index contributed by atoms with van der Waals surface area (Å²) in [6.07, 6.45) is 1.21. The van der Waals surface area contributed by atoms with Crippen LogP contribution in [0.2, 0.25) is 0 Å². The molecule has 0 aliphatic carbocycles. The SMILES string of the molecule is O=C(O)c1occ2c1OCO2. The van der Waals surface area contributed by atoms with Crippen LogP contribution in [-0.4, -0.2) is 17.9 Å². The molecular formula is C6H4O5. The molecule has 58 valence electrons. The van der Waals surface area contributed by atoms with Crippen LogP contribution in [0.1, 0.15) is 10.6 Å². The predicted octanol–water partition coefficient (Wildman–Crippen LogP) is 0.706. The molecule has 2 rings (SSSR count). The quantitative estimate of drug-likeness (QED) is 0.648. The number of carbonyl (C=O) groups is 1. The van der Waals surface area contributed by atoms with Gasteiger partial charge in [-0.1, -0.05) is 0 Å². The normalized spacial score (nSPS) is 13.5. The molecule has 5 nitrogen and oxygen atoms in total. The first-order valence-corrected chi connectivity index (χ1v) is 2.89. The Bertz CT molecular complexity index is 300. The van der Waals surface area contributed by atoms with Gasteiger partial charge in [0.15, 0.2) is 0 Å². The maximum Gasteiger partial charge on any atom is 0.375 e. The minimum Gasteiger partial charge on any atom is -0.475 e. The molecular weight excluding hydrogens is 152 g/mol. The lowest BCUT2D eigenvalue weighted by atomic mass is 10.4. The zero-order chi connectivity index (χ0) is 7.84. The van der Waals surface area contributed by atoms with Crippen LogP contribution < -0.4 is 9.47 Å². The van der Waals surface area contributed by atoms with Gasteiger partial charge in [-0.2, -0.15) is 0 Å². The molecule has 0 aromatic carbocycles. The number of hydrogen-bond acceptors (Lipinski definition) is 4. The lowest BCUT2D eigenvalue weighted by molar-refractivity contribution is 0.0651. The molecule has 0 unspecified atom stereocenters. The average Bonchev–Trinajstić information content (AvgIpc) is 2.41. The minimum atomic E-state index is -1.16. The number of rotatable bonds is 1. The number of aromatic carboxylic acids is 1. The Kier molecular flexibility index (Phi) is 1.06. The van der Waals surface area contributed by atoms with Crippen LogP contribution in [0.3, 0.4) is 0 Å². The van der Waals surface area contributed by atoms with Crippen LogP contribution in [0.15, 0.2) is 10.7 Å². The molecule has 0 saturated heterocycles. The molecule has 0 spiro atoms. The van der Waals surface area contributed by atoms with Crippen molar-refractivity contribution in [2.75, 3.05) is 6.79 Å². The summed E-state index contributed by atoms with van der Waals surface area (Å²) >= 11 is 0. The maximum atomic E-state index is 10.4. The Morgan fingerprint density at radius 3 is 3.09 bits per heavy atom. The van der Waals surface area contributed by atoms with E-state index >= 15 is 0 Å². The highest BCUT2D eigenvalue weighted by molar-refractivity contribution is 5.88. The Balaban J connectivity index is 2.50. The molecule has 1 aromatic rings. The third kappa shape index (κ3) is 0.739. The fraction of sp³-hybridized carbons (Fsp3) is 0.167. The van der Waals surface area contributed by atoms with E-state index in [0.717, 1.165) is 0 Å². The molecule has 1 aliphatic heterocycles. The van der Waals surface area contributed by atoms with Gasteiger partial charge < -0.3 is 19.0 Å². The molecule has 1 aliphatic rings. The van der Waals surface area contributed by atoms with Crippen molar-refractivity contribution in [1.82, 2.24) is 0 Å². The van der Waals surface area contributed by atoms with E-state index in [4.69, 9.17) is 14.6 Å². The highest BCUT2D eigenvalue weighted by Crippen LogP contribution is 2.37. The zero-order valence-corrected chi connectivity index (χ0v) is 5.36. The highest BCUT2D eigenvalue weighted by atomic mass is 16.7. The van der Waals surface area contributed by atoms with Crippen molar-refractivity contribution in [2.45, 2.75) is 0 Å². The van der Waals surface area contributed by atoms with Crippen molar-refractivity contribution in [1.29, 1.82) is 0 Å². The summed E-state index contributed by atoms with van der Waals surface area (Å²) in [5.41, 5.74) is 0. The van der Waals surface area contributed by atoms with Gasteiger partial charge in [-0.05, 0) is 0 Å². The smallest absolute Gasteiger partial charge is 0.375 e. The van der Waals surface area contributed by atoms with Crippen LogP contribution in [0.4, 0.5) is 0 Å². The van der Waals surface area contributed by atoms with E-state index in [1.807, 2.05) is 0 Å². The van der Waals surface area contributed by atoms with Crippen molar-refractivity contribution < 1.29 is 23.8 Å². The van der Waals surface area contributed by atoms with E-state index in [1.54, 1.807) is 0 Å². The van der Waals surface area contributed by atoms with Crippen LogP contribution in [0.25, 0.3) is 0 Å². The average molecular weight is 156 g/mol. The van der Waals surface area contributed by atoms with Gasteiger partial charge in [-0.25, -0.2) is 4.79 Å². The van der Waals surface area contributed by atoms with Crippen molar-refractivity contribution in [3.8, 4) is 11.5 Å². The molecule has 0 saturated carbocycles. The number of furan rings is 1. The van der Waals surface area contributed by atoms with Crippen LogP contribution in [-0.2, 0) is 0 Å². The second-order valence-electron chi connectivity index (χ2n) is 1.97. The number of carboxylic acids is 1. The van der Waals surface area contributed by atoms with Crippen LogP contribution in [0.5, 0.6) is 11.5 Å². The number of hydrogen-bond donors (Lipinski definition) is 1. The van der Waals surface area contributed by atoms with E-state index in [2.05, 4.69) is 4.42 Å². The van der Waals surface area contributed by atoms with Gasteiger partial charge in [-0.3, -0.25) is 0 Å². The van der Waals surface area contributed by atoms with Crippen molar-refractivity contribution in [3.05, 3.63) is 12.0 Å². The maximum absolute atomic E-state index is 10.4. The van der Waals surface area contributed by atoms with E-state index in [9.17, 15) is 4.79 Å². The summed E-state index contributed by atoms with van der Waals surface area (Å²) < 4.78 is 14.3. The predicted molar refractivity (Wildman–Crippen MR) is 31.8 cm³/mol. The van der Waals surface area contributed by atoms with Gasteiger partial charge in [0, 0.05) is 0 Å². The fourth-order valence-corrected chi connectivity index (χ4v) is 0.867. The first kappa shape index (κ1) is 6.09. The molecule has 1 N–H and O–H groups in total. The molecule has 0 fully saturated rings. The van der Waals surface area contributed by atoms with Crippen LogP contribution in [0, 0.1) is 0 Å². The van der Waals surface area contributed by atoms with Gasteiger partial charge in [0.05, 0.1) is 0 Å². The molecule has 0 atom stereocenters. The summed E-state index contributed by atoms with van der Waals surface area (Å²) in [6.45, 7) is 0.0569. The first-order chi connectivity index (χ1) is 5.29. The van der Waals surface area contributed by atoms with Gasteiger partial charge in [-0.15, -0.1) is 0 Å². The Hall–Kier alpha value is -1.65. The third-order valence-electron chi connectivity index (χ3n) is 1.33. The third-order valence-corrected chi connectivity index (χ3v) is 1.33. The minimum absolute atomic E-state index is 0.0569. The van der Waals surface area contributed by atoms with E-state index in [0.29, 0.717) is 5.75 Å². The van der Waals surface area contributed by atoms with E-state index < -0.39 is 5.97 Å². The Morgan fingerprint density at radius 2 is 2.36 bits per heavy atom. The largest absolute Gasteiger partial charge is 0.475 e. The fourth-order valence-electron chi connectivity index (χ4n) is 0.867. The van der Waals surface area contributed by atoms with Crippen LogP contribution >= 0.6 is 0 Å². The van der Waals surface area contributed by atoms with Gasteiger partial charge in [0.25, 0.3) is 5.76 Å². The molecule has 1 aromatic heterocycles. The number of carboxylic acid groups (broad SMARTS) is 1. The second-order valence-corrected chi connectivity index (χ2v) is 1.97. The van der Waals surface area contributed by atoms with Crippen molar-refractivity contribution in [3.63, 3.8) is 0 Å². The molecule has 5 heteroatoms. The molecule has 11 heavy (non-hydrogen) atoms. The second kappa shape index (κ2) is 1.91. The Labute approximate surface area is 61.1 Å². The summed E-state index contributed by atoms with van der Waals surface area (Å²) in [4.78, 5) is 10.4. The van der Waals surface area contributed by atoms with Gasteiger partial charge >= 0.3 is 5.97 Å². The number of ether oxygens (including phenoxy) is 2. The molecule has 2 heterocycles. The lowest BCUT2D eigenvalue weighted by Crippen LogP contribution is -1.99. The standard InChI is InChI=1S/C6H4O5/c7-6(8)5-4-3(1-9-5)10-2-11-4/h1H,2H2,(H,7,8). The summed E-state index contributed by atoms with van der Waals surface area (Å²) in [5.74, 6) is -0.839. The first-order valence-electron chi connectivity index (χ1n) is 2.89. The van der Waals surface area contributed by atoms with Gasteiger partial charge in [0.1, 0.15) is 6.26 Å².